The second-order valence-electron chi connectivity index (χ2n) is 5.01. The van der Waals surface area contributed by atoms with Crippen LogP contribution in [0.1, 0.15) is 21.5 Å². The van der Waals surface area contributed by atoms with E-state index in [1.165, 1.54) is 0 Å². The van der Waals surface area contributed by atoms with Gasteiger partial charge in [-0.3, -0.25) is 4.79 Å². The molecular formula is C20H16O2. The molecule has 0 N–H and O–H groups in total. The number of fused-ring (bicyclic) bond motifs is 1. The Morgan fingerprint density at radius 2 is 1.59 bits per heavy atom. The molecule has 0 fully saturated rings. The van der Waals surface area contributed by atoms with Crippen LogP contribution < -0.4 is 4.74 Å². The maximum atomic E-state index is 11.1. The lowest BCUT2D eigenvalue weighted by Crippen LogP contribution is -1.98. The monoisotopic (exact) mass is 288 g/mol. The minimum absolute atomic E-state index is 0.465. The second kappa shape index (κ2) is 6.27. The molecule has 0 unspecified atom stereocenters. The summed E-state index contributed by atoms with van der Waals surface area (Å²) in [6.07, 6.45) is 2.70. The van der Waals surface area contributed by atoms with E-state index in [2.05, 4.69) is 6.58 Å². The van der Waals surface area contributed by atoms with Gasteiger partial charge in [0.05, 0.1) is 0 Å². The van der Waals surface area contributed by atoms with Crippen LogP contribution in [0.2, 0.25) is 0 Å². The lowest BCUT2D eigenvalue weighted by atomic mass is 10.0. The largest absolute Gasteiger partial charge is 0.488 e. The van der Waals surface area contributed by atoms with Gasteiger partial charge in [-0.25, -0.2) is 0 Å². The van der Waals surface area contributed by atoms with E-state index >= 15 is 0 Å². The summed E-state index contributed by atoms with van der Waals surface area (Å²) in [5.74, 6) is 0.778. The third-order valence-electron chi connectivity index (χ3n) is 3.70. The van der Waals surface area contributed by atoms with Crippen molar-refractivity contribution in [3.05, 3.63) is 83.9 Å². The van der Waals surface area contributed by atoms with E-state index < -0.39 is 0 Å². The minimum atomic E-state index is 0.465. The highest BCUT2D eigenvalue weighted by Crippen LogP contribution is 2.28. The fraction of sp³-hybridized carbons (Fsp3) is 0.0500. The summed E-state index contributed by atoms with van der Waals surface area (Å²) in [5, 5.41) is 1.86. The van der Waals surface area contributed by atoms with E-state index in [0.717, 1.165) is 33.9 Å². The van der Waals surface area contributed by atoms with Gasteiger partial charge in [-0.15, -0.1) is 0 Å². The predicted octanol–water partition coefficient (Wildman–Crippen LogP) is 4.87. The molecular weight excluding hydrogens is 272 g/mol. The Labute approximate surface area is 129 Å². The lowest BCUT2D eigenvalue weighted by Gasteiger charge is -2.12. The number of carbonyl (C=O) groups is 1. The summed E-state index contributed by atoms with van der Waals surface area (Å²) in [6, 6.07) is 19.4. The van der Waals surface area contributed by atoms with Crippen molar-refractivity contribution in [1.82, 2.24) is 0 Å². The van der Waals surface area contributed by atoms with E-state index in [0.29, 0.717) is 12.2 Å². The van der Waals surface area contributed by atoms with Gasteiger partial charge in [0.25, 0.3) is 0 Å². The number of ether oxygens (including phenoxy) is 1. The Morgan fingerprint density at radius 3 is 2.36 bits per heavy atom. The van der Waals surface area contributed by atoms with Gasteiger partial charge in [-0.2, -0.15) is 0 Å². The molecule has 2 nitrogen and oxygen atoms in total. The van der Waals surface area contributed by atoms with Crippen molar-refractivity contribution < 1.29 is 9.53 Å². The molecule has 108 valence electrons. The molecule has 0 spiro atoms. The summed E-state index contributed by atoms with van der Waals surface area (Å²) >= 11 is 0. The molecule has 3 rings (SSSR count). The zero-order valence-corrected chi connectivity index (χ0v) is 12.2. The standard InChI is InChI=1S/C20H16O2/c1-2-15-7-3-4-8-17(15)14-22-20-12-11-16(13-21)18-9-5-6-10-19(18)20/h2-13H,1,14H2. The van der Waals surface area contributed by atoms with Gasteiger partial charge >= 0.3 is 0 Å². The van der Waals surface area contributed by atoms with Gasteiger partial charge in [-0.05, 0) is 28.6 Å². The maximum Gasteiger partial charge on any atom is 0.150 e. The summed E-state index contributed by atoms with van der Waals surface area (Å²) in [6.45, 7) is 4.29. The Bertz CT molecular complexity index is 834. The summed E-state index contributed by atoms with van der Waals surface area (Å²) < 4.78 is 5.98. The Morgan fingerprint density at radius 1 is 0.864 bits per heavy atom. The van der Waals surface area contributed by atoms with Crippen molar-refractivity contribution in [2.75, 3.05) is 0 Å². The second-order valence-corrected chi connectivity index (χ2v) is 5.01. The summed E-state index contributed by atoms with van der Waals surface area (Å²) in [4.78, 5) is 11.1. The van der Waals surface area contributed by atoms with Gasteiger partial charge in [0, 0.05) is 10.9 Å². The van der Waals surface area contributed by atoms with Crippen LogP contribution in [-0.4, -0.2) is 6.29 Å². The van der Waals surface area contributed by atoms with Crippen molar-refractivity contribution in [3.63, 3.8) is 0 Å². The number of carbonyl (C=O) groups excluding carboxylic acids is 1. The highest BCUT2D eigenvalue weighted by Gasteiger charge is 2.07. The van der Waals surface area contributed by atoms with Crippen LogP contribution in [0.25, 0.3) is 16.8 Å². The fourth-order valence-corrected chi connectivity index (χ4v) is 2.54. The van der Waals surface area contributed by atoms with Crippen LogP contribution in [0.3, 0.4) is 0 Å². The first kappa shape index (κ1) is 14.1. The molecule has 0 radical (unpaired) electrons. The number of aldehydes is 1. The molecule has 2 heteroatoms. The van der Waals surface area contributed by atoms with Crippen LogP contribution in [0.5, 0.6) is 5.75 Å². The van der Waals surface area contributed by atoms with Gasteiger partial charge in [0.2, 0.25) is 0 Å². The van der Waals surface area contributed by atoms with Gasteiger partial charge in [0.1, 0.15) is 12.4 Å². The van der Waals surface area contributed by atoms with Crippen LogP contribution >= 0.6 is 0 Å². The number of hydrogen-bond donors (Lipinski definition) is 0. The van der Waals surface area contributed by atoms with Crippen LogP contribution in [0, 0.1) is 0 Å². The van der Waals surface area contributed by atoms with E-state index in [9.17, 15) is 4.79 Å². The van der Waals surface area contributed by atoms with Crippen molar-refractivity contribution in [1.29, 1.82) is 0 Å². The van der Waals surface area contributed by atoms with Crippen LogP contribution in [0.15, 0.2) is 67.2 Å². The highest BCUT2D eigenvalue weighted by molar-refractivity contribution is 6.00. The van der Waals surface area contributed by atoms with Crippen molar-refractivity contribution in [2.24, 2.45) is 0 Å². The van der Waals surface area contributed by atoms with E-state index in [1.807, 2.05) is 60.7 Å². The third kappa shape index (κ3) is 2.63. The topological polar surface area (TPSA) is 26.3 Å². The van der Waals surface area contributed by atoms with E-state index in [-0.39, 0.29) is 0 Å². The third-order valence-corrected chi connectivity index (χ3v) is 3.70. The normalized spacial score (nSPS) is 10.4. The smallest absolute Gasteiger partial charge is 0.150 e. The van der Waals surface area contributed by atoms with Gasteiger partial charge in [0.15, 0.2) is 6.29 Å². The number of benzene rings is 3. The first-order valence-electron chi connectivity index (χ1n) is 7.13. The molecule has 3 aromatic rings. The quantitative estimate of drug-likeness (QED) is 0.626. The molecule has 22 heavy (non-hydrogen) atoms. The first-order valence-corrected chi connectivity index (χ1v) is 7.13. The molecule has 0 amide bonds. The predicted molar refractivity (Wildman–Crippen MR) is 90.2 cm³/mol. The lowest BCUT2D eigenvalue weighted by molar-refractivity contribution is 0.112. The number of hydrogen-bond acceptors (Lipinski definition) is 2. The SMILES string of the molecule is C=Cc1ccccc1COc1ccc(C=O)c2ccccc12. The molecule has 3 aromatic carbocycles. The van der Waals surface area contributed by atoms with Gasteiger partial charge < -0.3 is 4.74 Å². The Hall–Kier alpha value is -2.87. The van der Waals surface area contributed by atoms with E-state index in [4.69, 9.17) is 4.74 Å². The van der Waals surface area contributed by atoms with Gasteiger partial charge in [-0.1, -0.05) is 61.2 Å². The number of rotatable bonds is 5. The molecule has 0 saturated carbocycles. The maximum absolute atomic E-state index is 11.1. The molecule has 0 atom stereocenters. The van der Waals surface area contributed by atoms with E-state index in [1.54, 1.807) is 6.07 Å². The molecule has 0 heterocycles. The van der Waals surface area contributed by atoms with Crippen LogP contribution in [0.4, 0.5) is 0 Å². The summed E-state index contributed by atoms with van der Waals surface area (Å²) in [5.41, 5.74) is 2.83. The van der Waals surface area contributed by atoms with Crippen LogP contribution in [-0.2, 0) is 6.61 Å². The average Bonchev–Trinajstić information content (AvgIpc) is 2.59. The molecule has 0 aliphatic heterocycles. The van der Waals surface area contributed by atoms with Crippen molar-refractivity contribution in [2.45, 2.75) is 6.61 Å². The molecule has 0 aliphatic rings. The molecule has 0 saturated heterocycles. The zero-order chi connectivity index (χ0) is 15.4. The Kier molecular flexibility index (Phi) is 4.01. The first-order chi connectivity index (χ1) is 10.8. The molecule has 0 aliphatic carbocycles. The summed E-state index contributed by atoms with van der Waals surface area (Å²) in [7, 11) is 0. The minimum Gasteiger partial charge on any atom is -0.488 e. The zero-order valence-electron chi connectivity index (χ0n) is 12.2. The fourth-order valence-electron chi connectivity index (χ4n) is 2.54. The highest BCUT2D eigenvalue weighted by atomic mass is 16.5. The molecule has 0 aromatic heterocycles. The van der Waals surface area contributed by atoms with Crippen molar-refractivity contribution >= 4 is 23.1 Å². The average molecular weight is 288 g/mol. The van der Waals surface area contributed by atoms with Crippen molar-refractivity contribution in [3.8, 4) is 5.75 Å². The molecule has 0 bridgehead atoms. The Balaban J connectivity index is 1.95.